The molecule has 0 unspecified atom stereocenters. The Balaban J connectivity index is 3.00. The second kappa shape index (κ2) is 8.93. The molecule has 0 aliphatic carbocycles. The minimum absolute atomic E-state index is 0.0565. The van der Waals surface area contributed by atoms with E-state index in [1.165, 1.54) is 0 Å². The van der Waals surface area contributed by atoms with E-state index in [2.05, 4.69) is 27.2 Å². The summed E-state index contributed by atoms with van der Waals surface area (Å²) in [5.74, 6) is 0.392. The summed E-state index contributed by atoms with van der Waals surface area (Å²) >= 11 is 0. The molecule has 1 aromatic rings. The van der Waals surface area contributed by atoms with Gasteiger partial charge in [-0.15, -0.1) is 0 Å². The lowest BCUT2D eigenvalue weighted by molar-refractivity contribution is -0.116. The highest BCUT2D eigenvalue weighted by atomic mass is 16.5. The fourth-order valence-corrected chi connectivity index (χ4v) is 1.57. The van der Waals surface area contributed by atoms with Crippen molar-refractivity contribution in [2.75, 3.05) is 36.5 Å². The average Bonchev–Trinajstić information content (AvgIpc) is 2.48. The summed E-state index contributed by atoms with van der Waals surface area (Å²) < 4.78 is 5.47. The summed E-state index contributed by atoms with van der Waals surface area (Å²) in [6, 6.07) is 0.253. The molecule has 0 aromatic carbocycles. The lowest BCUT2D eigenvalue weighted by Crippen LogP contribution is -2.35. The highest BCUT2D eigenvalue weighted by Gasteiger charge is 2.14. The summed E-state index contributed by atoms with van der Waals surface area (Å²) in [6.45, 7) is 7.85. The predicted octanol–water partition coefficient (Wildman–Crippen LogP) is 0.794. The minimum Gasteiger partial charge on any atom is -0.463 e. The molecule has 0 fully saturated rings. The SMILES string of the molecule is CCCNc1nc(OCCC)nc(N(CC)CC(N)=O)n1. The number of likely N-dealkylation sites (N-methyl/N-ethyl adjacent to an activating group) is 1. The Bertz CT molecular complexity index is 428. The van der Waals surface area contributed by atoms with Gasteiger partial charge in [0.2, 0.25) is 17.8 Å². The summed E-state index contributed by atoms with van der Waals surface area (Å²) in [7, 11) is 0. The number of ether oxygens (including phenoxy) is 1. The molecular formula is C13H24N6O2. The predicted molar refractivity (Wildman–Crippen MR) is 81.5 cm³/mol. The van der Waals surface area contributed by atoms with E-state index >= 15 is 0 Å². The van der Waals surface area contributed by atoms with Crippen LogP contribution in [0.1, 0.15) is 33.6 Å². The topological polar surface area (TPSA) is 106 Å². The monoisotopic (exact) mass is 296 g/mol. The Morgan fingerprint density at radius 3 is 2.57 bits per heavy atom. The van der Waals surface area contributed by atoms with Gasteiger partial charge in [-0.05, 0) is 19.8 Å². The van der Waals surface area contributed by atoms with Gasteiger partial charge in [0.25, 0.3) is 0 Å². The standard InChI is InChI=1S/C13H24N6O2/c1-4-7-15-11-16-12(19(6-3)9-10(14)20)18-13(17-11)21-8-5-2/h4-9H2,1-3H3,(H2,14,20)(H,15,16,17,18). The Morgan fingerprint density at radius 2 is 2.00 bits per heavy atom. The summed E-state index contributed by atoms with van der Waals surface area (Å²) in [5.41, 5.74) is 5.24. The first kappa shape index (κ1) is 16.9. The first-order valence-corrected chi connectivity index (χ1v) is 7.26. The van der Waals surface area contributed by atoms with Crippen molar-refractivity contribution in [1.29, 1.82) is 0 Å². The Labute approximate surface area is 125 Å². The number of hydrogen-bond donors (Lipinski definition) is 2. The van der Waals surface area contributed by atoms with Crippen LogP contribution < -0.4 is 20.7 Å². The Kier molecular flexibility index (Phi) is 7.20. The van der Waals surface area contributed by atoms with Crippen molar-refractivity contribution in [2.45, 2.75) is 33.6 Å². The molecule has 1 amide bonds. The molecular weight excluding hydrogens is 272 g/mol. The lowest BCUT2D eigenvalue weighted by Gasteiger charge is -2.19. The average molecular weight is 296 g/mol. The molecule has 0 aliphatic heterocycles. The van der Waals surface area contributed by atoms with E-state index in [0.717, 1.165) is 19.4 Å². The smallest absolute Gasteiger partial charge is 0.323 e. The maximum absolute atomic E-state index is 11.1. The number of carbonyl (C=O) groups excluding carboxylic acids is 1. The van der Waals surface area contributed by atoms with Gasteiger partial charge in [-0.2, -0.15) is 15.0 Å². The van der Waals surface area contributed by atoms with Crippen molar-refractivity contribution >= 4 is 17.8 Å². The summed E-state index contributed by atoms with van der Waals surface area (Å²) in [6.07, 6.45) is 1.81. The highest BCUT2D eigenvalue weighted by Crippen LogP contribution is 2.15. The molecule has 0 radical (unpaired) electrons. The molecule has 21 heavy (non-hydrogen) atoms. The van der Waals surface area contributed by atoms with Crippen LogP contribution in [0, 0.1) is 0 Å². The maximum Gasteiger partial charge on any atom is 0.323 e. The van der Waals surface area contributed by atoms with Crippen molar-refractivity contribution in [3.8, 4) is 6.01 Å². The number of amides is 1. The molecule has 0 bridgehead atoms. The van der Waals surface area contributed by atoms with E-state index in [0.29, 0.717) is 25.0 Å². The van der Waals surface area contributed by atoms with Gasteiger partial charge in [-0.1, -0.05) is 13.8 Å². The third-order valence-corrected chi connectivity index (χ3v) is 2.58. The number of hydrogen-bond acceptors (Lipinski definition) is 7. The van der Waals surface area contributed by atoms with Gasteiger partial charge < -0.3 is 20.7 Å². The molecule has 1 heterocycles. The number of carbonyl (C=O) groups is 1. The first-order valence-electron chi connectivity index (χ1n) is 7.26. The van der Waals surface area contributed by atoms with Gasteiger partial charge in [0.15, 0.2) is 0 Å². The number of nitrogens with zero attached hydrogens (tertiary/aromatic N) is 4. The molecule has 0 aliphatic rings. The molecule has 1 aromatic heterocycles. The zero-order valence-electron chi connectivity index (χ0n) is 12.9. The second-order valence-electron chi connectivity index (χ2n) is 4.50. The number of anilines is 2. The minimum atomic E-state index is -0.434. The maximum atomic E-state index is 11.1. The van der Waals surface area contributed by atoms with E-state index < -0.39 is 5.91 Å². The molecule has 8 heteroatoms. The van der Waals surface area contributed by atoms with Crippen LogP contribution in [0.3, 0.4) is 0 Å². The second-order valence-corrected chi connectivity index (χ2v) is 4.50. The van der Waals surface area contributed by atoms with Crippen LogP contribution in [-0.4, -0.2) is 47.1 Å². The summed E-state index contributed by atoms with van der Waals surface area (Å²) in [4.78, 5) is 25.5. The van der Waals surface area contributed by atoms with Crippen molar-refractivity contribution < 1.29 is 9.53 Å². The van der Waals surface area contributed by atoms with E-state index in [4.69, 9.17) is 10.5 Å². The van der Waals surface area contributed by atoms with E-state index in [1.807, 2.05) is 13.8 Å². The van der Waals surface area contributed by atoms with Gasteiger partial charge in [0, 0.05) is 13.1 Å². The Morgan fingerprint density at radius 1 is 1.24 bits per heavy atom. The van der Waals surface area contributed by atoms with Gasteiger partial charge >= 0.3 is 6.01 Å². The number of aromatic nitrogens is 3. The molecule has 0 saturated heterocycles. The largest absolute Gasteiger partial charge is 0.463 e. The first-order chi connectivity index (χ1) is 10.1. The highest BCUT2D eigenvalue weighted by molar-refractivity contribution is 5.78. The van der Waals surface area contributed by atoms with Crippen LogP contribution in [0.4, 0.5) is 11.9 Å². The van der Waals surface area contributed by atoms with Crippen LogP contribution in [0.15, 0.2) is 0 Å². The van der Waals surface area contributed by atoms with E-state index in [-0.39, 0.29) is 12.6 Å². The third kappa shape index (κ3) is 5.80. The Hall–Kier alpha value is -2.12. The zero-order chi connectivity index (χ0) is 15.7. The molecule has 1 rings (SSSR count). The fourth-order valence-electron chi connectivity index (χ4n) is 1.57. The molecule has 0 atom stereocenters. The van der Waals surface area contributed by atoms with Crippen LogP contribution >= 0.6 is 0 Å². The molecule has 118 valence electrons. The third-order valence-electron chi connectivity index (χ3n) is 2.58. The van der Waals surface area contributed by atoms with Crippen molar-refractivity contribution in [3.05, 3.63) is 0 Å². The van der Waals surface area contributed by atoms with E-state index in [9.17, 15) is 4.79 Å². The number of primary amides is 1. The van der Waals surface area contributed by atoms with Crippen LogP contribution in [-0.2, 0) is 4.79 Å². The number of rotatable bonds is 10. The van der Waals surface area contributed by atoms with Gasteiger partial charge in [0.1, 0.15) is 0 Å². The summed E-state index contributed by atoms with van der Waals surface area (Å²) in [5, 5.41) is 3.10. The molecule has 8 nitrogen and oxygen atoms in total. The van der Waals surface area contributed by atoms with Crippen LogP contribution in [0.25, 0.3) is 0 Å². The van der Waals surface area contributed by atoms with Crippen LogP contribution in [0.5, 0.6) is 6.01 Å². The van der Waals surface area contributed by atoms with Crippen molar-refractivity contribution in [2.24, 2.45) is 5.73 Å². The molecule has 0 saturated carbocycles. The van der Waals surface area contributed by atoms with Gasteiger partial charge in [-0.25, -0.2) is 0 Å². The van der Waals surface area contributed by atoms with Gasteiger partial charge in [-0.3, -0.25) is 4.79 Å². The molecule has 0 spiro atoms. The quantitative estimate of drug-likeness (QED) is 0.657. The lowest BCUT2D eigenvalue weighted by atomic mass is 10.5. The normalized spacial score (nSPS) is 10.2. The zero-order valence-corrected chi connectivity index (χ0v) is 12.9. The van der Waals surface area contributed by atoms with Crippen molar-refractivity contribution in [1.82, 2.24) is 15.0 Å². The fraction of sp³-hybridized carbons (Fsp3) is 0.692. The van der Waals surface area contributed by atoms with Crippen LogP contribution in [0.2, 0.25) is 0 Å². The van der Waals surface area contributed by atoms with Gasteiger partial charge in [0.05, 0.1) is 13.2 Å². The molecule has 3 N–H and O–H groups in total. The van der Waals surface area contributed by atoms with E-state index in [1.54, 1.807) is 4.90 Å². The number of nitrogens with two attached hydrogens (primary N) is 1. The number of nitrogens with one attached hydrogen (secondary N) is 1. The van der Waals surface area contributed by atoms with Crippen molar-refractivity contribution in [3.63, 3.8) is 0 Å².